The van der Waals surface area contributed by atoms with E-state index in [0.29, 0.717) is 24.2 Å². The largest absolute Gasteiger partial charge is 0.488 e. The number of hydrogen-bond donors (Lipinski definition) is 1. The second kappa shape index (κ2) is 10.3. The third-order valence-corrected chi connectivity index (χ3v) is 7.34. The molecule has 1 aliphatic heterocycles. The van der Waals surface area contributed by atoms with Crippen molar-refractivity contribution in [1.29, 1.82) is 0 Å². The van der Waals surface area contributed by atoms with E-state index in [1.807, 2.05) is 30.5 Å². The van der Waals surface area contributed by atoms with Crippen LogP contribution in [0.15, 0.2) is 114 Å². The zero-order valence-electron chi connectivity index (χ0n) is 20.7. The van der Waals surface area contributed by atoms with Crippen molar-refractivity contribution in [2.45, 2.75) is 25.0 Å². The van der Waals surface area contributed by atoms with Crippen molar-refractivity contribution >= 4 is 23.3 Å². The maximum absolute atomic E-state index is 10.9. The summed E-state index contributed by atoms with van der Waals surface area (Å²) in [6.07, 6.45) is 7.56. The van der Waals surface area contributed by atoms with Crippen molar-refractivity contribution in [3.63, 3.8) is 0 Å². The van der Waals surface area contributed by atoms with Gasteiger partial charge in [0.1, 0.15) is 12.4 Å². The molecule has 0 radical (unpaired) electrons. The number of hydrogen-bond acceptors (Lipinski definition) is 5. The van der Waals surface area contributed by atoms with Crippen LogP contribution in [0.4, 0.5) is 17.1 Å². The van der Waals surface area contributed by atoms with E-state index in [9.17, 15) is 10.1 Å². The number of nitrogens with zero attached hydrogens (tertiary/aromatic N) is 2. The normalized spacial score (nSPS) is 19.5. The molecule has 0 saturated heterocycles. The van der Waals surface area contributed by atoms with Crippen LogP contribution in [0, 0.1) is 16.0 Å². The van der Waals surface area contributed by atoms with Gasteiger partial charge in [0, 0.05) is 35.5 Å². The van der Waals surface area contributed by atoms with E-state index < -0.39 is 4.92 Å². The van der Waals surface area contributed by atoms with E-state index in [4.69, 9.17) is 9.73 Å². The summed E-state index contributed by atoms with van der Waals surface area (Å²) in [5.74, 6) is 1.67. The smallest absolute Gasteiger partial charge is 0.269 e. The molecule has 6 rings (SSSR count). The highest BCUT2D eigenvalue weighted by Gasteiger charge is 2.37. The minimum Gasteiger partial charge on any atom is -0.488 e. The summed E-state index contributed by atoms with van der Waals surface area (Å²) in [4.78, 5) is 15.2. The average Bonchev–Trinajstić information content (AvgIpc) is 3.46. The third kappa shape index (κ3) is 4.81. The molecular formula is C32H27N3O3. The van der Waals surface area contributed by atoms with Gasteiger partial charge in [0.2, 0.25) is 0 Å². The molecule has 2 aliphatic rings. The van der Waals surface area contributed by atoms with Gasteiger partial charge in [-0.1, -0.05) is 54.6 Å². The van der Waals surface area contributed by atoms with Crippen LogP contribution in [0.5, 0.6) is 5.75 Å². The molecule has 0 aromatic heterocycles. The first-order chi connectivity index (χ1) is 18.7. The lowest BCUT2D eigenvalue weighted by Gasteiger charge is -2.37. The van der Waals surface area contributed by atoms with Gasteiger partial charge >= 0.3 is 0 Å². The minimum atomic E-state index is -0.406. The fraction of sp³-hybridized carbons (Fsp3) is 0.156. The number of nitro benzene ring substituents is 1. The van der Waals surface area contributed by atoms with E-state index in [1.165, 1.54) is 28.9 Å². The molecule has 6 heteroatoms. The van der Waals surface area contributed by atoms with E-state index in [1.54, 1.807) is 12.1 Å². The van der Waals surface area contributed by atoms with Crippen molar-refractivity contribution in [2.24, 2.45) is 10.9 Å². The third-order valence-electron chi connectivity index (χ3n) is 7.34. The Morgan fingerprint density at radius 3 is 2.53 bits per heavy atom. The predicted octanol–water partition coefficient (Wildman–Crippen LogP) is 7.75. The Labute approximate surface area is 221 Å². The Morgan fingerprint density at radius 2 is 1.71 bits per heavy atom. The number of rotatable bonds is 7. The van der Waals surface area contributed by atoms with Crippen molar-refractivity contribution in [3.8, 4) is 5.75 Å². The lowest BCUT2D eigenvalue weighted by Crippen LogP contribution is -2.28. The summed E-state index contributed by atoms with van der Waals surface area (Å²) < 4.78 is 6.00. The van der Waals surface area contributed by atoms with Crippen molar-refractivity contribution in [1.82, 2.24) is 0 Å². The van der Waals surface area contributed by atoms with Crippen LogP contribution in [0.2, 0.25) is 0 Å². The highest BCUT2D eigenvalue weighted by atomic mass is 16.6. The van der Waals surface area contributed by atoms with Crippen molar-refractivity contribution in [3.05, 3.63) is 142 Å². The summed E-state index contributed by atoms with van der Waals surface area (Å²) in [5, 5.41) is 14.6. The molecule has 4 aromatic carbocycles. The molecule has 0 unspecified atom stereocenters. The predicted molar refractivity (Wildman–Crippen MR) is 150 cm³/mol. The number of nitro groups is 1. The molecule has 1 heterocycles. The Balaban J connectivity index is 1.15. The Hall–Kier alpha value is -4.71. The lowest BCUT2D eigenvalue weighted by atomic mass is 9.77. The van der Waals surface area contributed by atoms with Crippen LogP contribution < -0.4 is 10.1 Å². The van der Waals surface area contributed by atoms with Gasteiger partial charge in [0.05, 0.1) is 16.7 Å². The zero-order valence-corrected chi connectivity index (χ0v) is 20.7. The standard InChI is InChI=1S/C32H27N3O3/c36-35(37)26-18-12-22(13-19-26)21-38-31-11-4-1-6-24(31)20-33-25-16-14-23(15-17-25)32-29-9-5-8-27(29)28-7-2-3-10-30(28)34-32/h1-8,10-20,27,29,32,34H,9,21H2/t27-,29-,32+/m1/s1. The highest BCUT2D eigenvalue weighted by molar-refractivity contribution is 5.85. The van der Waals surface area contributed by atoms with Gasteiger partial charge < -0.3 is 10.1 Å². The molecule has 6 nitrogen and oxygen atoms in total. The van der Waals surface area contributed by atoms with Gasteiger partial charge in [-0.3, -0.25) is 15.1 Å². The van der Waals surface area contributed by atoms with E-state index in [2.05, 4.69) is 66.0 Å². The molecule has 0 spiro atoms. The fourth-order valence-corrected chi connectivity index (χ4v) is 5.38. The van der Waals surface area contributed by atoms with E-state index in [0.717, 1.165) is 23.2 Å². The fourth-order valence-electron chi connectivity index (χ4n) is 5.38. The Kier molecular flexibility index (Phi) is 6.44. The zero-order chi connectivity index (χ0) is 25.9. The number of aliphatic imine (C=N–C) groups is 1. The van der Waals surface area contributed by atoms with Crippen LogP contribution in [0.1, 0.15) is 40.6 Å². The number of anilines is 1. The minimum absolute atomic E-state index is 0.0658. The second-order valence-corrected chi connectivity index (χ2v) is 9.66. The highest BCUT2D eigenvalue weighted by Crippen LogP contribution is 2.49. The van der Waals surface area contributed by atoms with Crippen LogP contribution >= 0.6 is 0 Å². The van der Waals surface area contributed by atoms with Crippen LogP contribution in [0.25, 0.3) is 0 Å². The molecule has 0 amide bonds. The lowest BCUT2D eigenvalue weighted by molar-refractivity contribution is -0.384. The van der Waals surface area contributed by atoms with Crippen molar-refractivity contribution < 1.29 is 9.66 Å². The second-order valence-electron chi connectivity index (χ2n) is 9.66. The first-order valence-electron chi connectivity index (χ1n) is 12.8. The number of para-hydroxylation sites is 2. The van der Waals surface area contributed by atoms with Gasteiger partial charge in [-0.2, -0.15) is 0 Å². The summed E-state index contributed by atoms with van der Waals surface area (Å²) in [6.45, 7) is 0.312. The maximum atomic E-state index is 10.9. The Morgan fingerprint density at radius 1 is 0.947 bits per heavy atom. The molecule has 38 heavy (non-hydrogen) atoms. The molecule has 1 aliphatic carbocycles. The van der Waals surface area contributed by atoms with Gasteiger partial charge in [-0.15, -0.1) is 0 Å². The van der Waals surface area contributed by atoms with Gasteiger partial charge in [0.25, 0.3) is 5.69 Å². The van der Waals surface area contributed by atoms with E-state index in [-0.39, 0.29) is 11.7 Å². The molecule has 4 aromatic rings. The van der Waals surface area contributed by atoms with Crippen LogP contribution in [0.3, 0.4) is 0 Å². The van der Waals surface area contributed by atoms with Crippen LogP contribution in [-0.2, 0) is 6.61 Å². The first kappa shape index (κ1) is 23.7. The van der Waals surface area contributed by atoms with E-state index >= 15 is 0 Å². The quantitative estimate of drug-likeness (QED) is 0.122. The Bertz CT molecular complexity index is 1510. The number of benzene rings is 4. The van der Waals surface area contributed by atoms with Crippen LogP contribution in [-0.4, -0.2) is 11.1 Å². The van der Waals surface area contributed by atoms with Gasteiger partial charge in [0.15, 0.2) is 0 Å². The van der Waals surface area contributed by atoms with Gasteiger partial charge in [-0.05, 0) is 71.5 Å². The molecule has 188 valence electrons. The summed E-state index contributed by atoms with van der Waals surface area (Å²) in [5.41, 5.74) is 6.53. The number of nitrogens with one attached hydrogen (secondary N) is 1. The average molecular weight is 502 g/mol. The topological polar surface area (TPSA) is 76.8 Å². The number of non-ortho nitro benzene ring substituents is 1. The number of fused-ring (bicyclic) bond motifs is 3. The summed E-state index contributed by atoms with van der Waals surface area (Å²) in [6, 6.07) is 31.4. The molecule has 0 fully saturated rings. The monoisotopic (exact) mass is 501 g/mol. The van der Waals surface area contributed by atoms with Gasteiger partial charge in [-0.25, -0.2) is 0 Å². The number of allylic oxidation sites excluding steroid dienone is 2. The SMILES string of the molecule is O=[N+]([O-])c1ccc(COc2ccccc2C=Nc2ccc([C@@H]3Nc4ccccc4[C@H]4C=CC[C@H]43)cc2)cc1. The molecular weight excluding hydrogens is 474 g/mol. The molecule has 0 bridgehead atoms. The molecule has 0 saturated carbocycles. The van der Waals surface area contributed by atoms with Crippen molar-refractivity contribution in [2.75, 3.05) is 5.32 Å². The summed E-state index contributed by atoms with van der Waals surface area (Å²) >= 11 is 0. The summed E-state index contributed by atoms with van der Waals surface area (Å²) in [7, 11) is 0. The first-order valence-corrected chi connectivity index (χ1v) is 12.8. The number of ether oxygens (including phenoxy) is 1. The molecule has 3 atom stereocenters. The maximum Gasteiger partial charge on any atom is 0.269 e. The molecule has 1 N–H and O–H groups in total.